The first-order valence-corrected chi connectivity index (χ1v) is 10.5. The molecule has 1 atom stereocenters. The molecular weight excluding hydrogens is 353 g/mol. The number of halogens is 1. The van der Waals surface area contributed by atoms with Gasteiger partial charge in [0.1, 0.15) is 11.6 Å². The number of fused-ring (bicyclic) bond motifs is 2. The van der Waals surface area contributed by atoms with Crippen LogP contribution in [0.5, 0.6) is 5.75 Å². The summed E-state index contributed by atoms with van der Waals surface area (Å²) < 4.78 is 20.2. The number of rotatable bonds is 6. The molecule has 0 bridgehead atoms. The van der Waals surface area contributed by atoms with Crippen LogP contribution in [-0.2, 0) is 17.6 Å². The van der Waals surface area contributed by atoms with E-state index in [-0.39, 0.29) is 17.8 Å². The van der Waals surface area contributed by atoms with E-state index in [1.807, 2.05) is 12.1 Å². The molecule has 0 spiro atoms. The molecule has 4 rings (SSSR count). The highest BCUT2D eigenvalue weighted by Crippen LogP contribution is 2.48. The summed E-state index contributed by atoms with van der Waals surface area (Å²) in [6, 6.07) is 9.47. The standard InChI is InChI=1S/C24H28FNO2/c1-3-5-9-22(27)28-21-8-6-7-16-14-20-23-17(10-12-26(20)11-4-2)13-18(25)15-19(23)24(16)21/h6-8,13,15,20H,3-5,9-12,14H2,1-2H3/t20-/m1/s1. The molecule has 4 heteroatoms. The van der Waals surface area contributed by atoms with Crippen molar-refractivity contribution in [3.63, 3.8) is 0 Å². The second-order valence-electron chi connectivity index (χ2n) is 7.90. The molecule has 0 saturated heterocycles. The van der Waals surface area contributed by atoms with Crippen molar-refractivity contribution in [3.8, 4) is 16.9 Å². The van der Waals surface area contributed by atoms with Crippen molar-refractivity contribution in [2.45, 2.75) is 58.4 Å². The fourth-order valence-corrected chi connectivity index (χ4v) is 4.71. The number of hydrogen-bond acceptors (Lipinski definition) is 3. The smallest absolute Gasteiger partial charge is 0.311 e. The van der Waals surface area contributed by atoms with Crippen molar-refractivity contribution in [1.82, 2.24) is 4.90 Å². The van der Waals surface area contributed by atoms with Gasteiger partial charge in [0, 0.05) is 24.6 Å². The minimum Gasteiger partial charge on any atom is -0.426 e. The first kappa shape index (κ1) is 19.1. The third-order valence-electron chi connectivity index (χ3n) is 5.94. The van der Waals surface area contributed by atoms with Gasteiger partial charge in [-0.3, -0.25) is 9.69 Å². The van der Waals surface area contributed by atoms with Crippen molar-refractivity contribution in [2.75, 3.05) is 13.1 Å². The fraction of sp³-hybridized carbons (Fsp3) is 0.458. The van der Waals surface area contributed by atoms with Crippen molar-refractivity contribution in [2.24, 2.45) is 0 Å². The van der Waals surface area contributed by atoms with Crippen LogP contribution in [0.3, 0.4) is 0 Å². The highest BCUT2D eigenvalue weighted by atomic mass is 19.1. The number of carbonyl (C=O) groups is 1. The Labute approximate surface area is 166 Å². The van der Waals surface area contributed by atoms with Crippen LogP contribution in [0.2, 0.25) is 0 Å². The van der Waals surface area contributed by atoms with Crippen LogP contribution >= 0.6 is 0 Å². The Morgan fingerprint density at radius 1 is 1.21 bits per heavy atom. The fourth-order valence-electron chi connectivity index (χ4n) is 4.71. The first-order valence-electron chi connectivity index (χ1n) is 10.5. The van der Waals surface area contributed by atoms with Crippen LogP contribution in [0.1, 0.15) is 62.3 Å². The lowest BCUT2D eigenvalue weighted by Crippen LogP contribution is -2.39. The summed E-state index contributed by atoms with van der Waals surface area (Å²) in [5, 5.41) is 0. The van der Waals surface area contributed by atoms with Gasteiger partial charge in [-0.25, -0.2) is 4.39 Å². The van der Waals surface area contributed by atoms with Gasteiger partial charge < -0.3 is 4.74 Å². The number of nitrogens with zero attached hydrogens (tertiary/aromatic N) is 1. The Kier molecular flexibility index (Phi) is 5.49. The lowest BCUT2D eigenvalue weighted by molar-refractivity contribution is -0.134. The van der Waals surface area contributed by atoms with Crippen LogP contribution in [0.4, 0.5) is 4.39 Å². The minimum atomic E-state index is -0.213. The summed E-state index contributed by atoms with van der Waals surface area (Å²) in [6.07, 6.45) is 5.02. The molecule has 1 aliphatic heterocycles. The molecule has 0 unspecified atom stereocenters. The zero-order chi connectivity index (χ0) is 19.7. The van der Waals surface area contributed by atoms with Gasteiger partial charge in [-0.05, 0) is 72.7 Å². The topological polar surface area (TPSA) is 29.5 Å². The molecular formula is C24H28FNO2. The quantitative estimate of drug-likeness (QED) is 0.492. The predicted molar refractivity (Wildman–Crippen MR) is 109 cm³/mol. The SMILES string of the molecule is CCCCC(=O)Oc1cccc2c1-c1cc(F)cc3c1[C@@H](C2)N(CCC)CC3. The lowest BCUT2D eigenvalue weighted by atomic mass is 9.76. The highest BCUT2D eigenvalue weighted by Gasteiger charge is 2.35. The van der Waals surface area contributed by atoms with E-state index in [1.54, 1.807) is 12.1 Å². The normalized spacial score (nSPS) is 17.8. The minimum absolute atomic E-state index is 0.212. The molecule has 0 N–H and O–H groups in total. The van der Waals surface area contributed by atoms with Crippen LogP contribution in [-0.4, -0.2) is 24.0 Å². The molecule has 1 aliphatic carbocycles. The molecule has 1 heterocycles. The van der Waals surface area contributed by atoms with Crippen molar-refractivity contribution in [3.05, 3.63) is 52.8 Å². The van der Waals surface area contributed by atoms with Gasteiger partial charge >= 0.3 is 5.97 Å². The highest BCUT2D eigenvalue weighted by molar-refractivity contribution is 5.83. The van der Waals surface area contributed by atoms with Crippen LogP contribution < -0.4 is 4.74 Å². The van der Waals surface area contributed by atoms with Gasteiger partial charge in [0.05, 0.1) is 0 Å². The summed E-state index contributed by atoms with van der Waals surface area (Å²) in [4.78, 5) is 14.8. The van der Waals surface area contributed by atoms with Gasteiger partial charge in [0.2, 0.25) is 0 Å². The molecule has 2 aliphatic rings. The molecule has 3 nitrogen and oxygen atoms in total. The third-order valence-corrected chi connectivity index (χ3v) is 5.94. The maximum absolute atomic E-state index is 14.5. The number of unbranched alkanes of at least 4 members (excludes halogenated alkanes) is 1. The largest absolute Gasteiger partial charge is 0.426 e. The monoisotopic (exact) mass is 381 g/mol. The maximum Gasteiger partial charge on any atom is 0.311 e. The Morgan fingerprint density at radius 2 is 2.07 bits per heavy atom. The molecule has 0 amide bonds. The van der Waals surface area contributed by atoms with Gasteiger partial charge in [0.15, 0.2) is 0 Å². The van der Waals surface area contributed by atoms with E-state index in [2.05, 4.69) is 24.8 Å². The van der Waals surface area contributed by atoms with Gasteiger partial charge in [0.25, 0.3) is 0 Å². The molecule has 28 heavy (non-hydrogen) atoms. The van der Waals surface area contributed by atoms with Crippen LogP contribution in [0.15, 0.2) is 30.3 Å². The van der Waals surface area contributed by atoms with Crippen molar-refractivity contribution >= 4 is 5.97 Å². The van der Waals surface area contributed by atoms with Gasteiger partial charge in [-0.2, -0.15) is 0 Å². The summed E-state index contributed by atoms with van der Waals surface area (Å²) in [5.74, 6) is 0.143. The molecule has 2 aromatic rings. The molecule has 0 fully saturated rings. The Balaban J connectivity index is 1.80. The van der Waals surface area contributed by atoms with Gasteiger partial charge in [-0.15, -0.1) is 0 Å². The van der Waals surface area contributed by atoms with Gasteiger partial charge in [-0.1, -0.05) is 32.4 Å². The second kappa shape index (κ2) is 8.04. The van der Waals surface area contributed by atoms with Crippen molar-refractivity contribution in [1.29, 1.82) is 0 Å². The number of esters is 1. The molecule has 0 saturated carbocycles. The lowest BCUT2D eigenvalue weighted by Gasteiger charge is -2.42. The van der Waals surface area contributed by atoms with E-state index in [9.17, 15) is 9.18 Å². The molecule has 148 valence electrons. The number of benzene rings is 2. The molecule has 0 aromatic heterocycles. The van der Waals surface area contributed by atoms with Crippen LogP contribution in [0.25, 0.3) is 11.1 Å². The van der Waals surface area contributed by atoms with E-state index < -0.39 is 0 Å². The average Bonchev–Trinajstić information content (AvgIpc) is 2.68. The van der Waals surface area contributed by atoms with E-state index in [4.69, 9.17) is 4.74 Å². The van der Waals surface area contributed by atoms with E-state index in [1.165, 1.54) is 5.56 Å². The Morgan fingerprint density at radius 3 is 2.86 bits per heavy atom. The number of hydrogen-bond donors (Lipinski definition) is 0. The zero-order valence-electron chi connectivity index (χ0n) is 16.8. The Hall–Kier alpha value is -2.20. The van der Waals surface area contributed by atoms with E-state index in [0.29, 0.717) is 12.2 Å². The number of ether oxygens (including phenoxy) is 1. The van der Waals surface area contributed by atoms with E-state index >= 15 is 0 Å². The summed E-state index contributed by atoms with van der Waals surface area (Å²) in [6.45, 7) is 6.27. The molecule has 0 radical (unpaired) electrons. The predicted octanol–water partition coefficient (Wildman–Crippen LogP) is 5.45. The second-order valence-corrected chi connectivity index (χ2v) is 7.90. The van der Waals surface area contributed by atoms with E-state index in [0.717, 1.165) is 67.4 Å². The van der Waals surface area contributed by atoms with Crippen LogP contribution in [0, 0.1) is 5.82 Å². The van der Waals surface area contributed by atoms with Crippen molar-refractivity contribution < 1.29 is 13.9 Å². The average molecular weight is 381 g/mol. The third kappa shape index (κ3) is 3.46. The summed E-state index contributed by atoms with van der Waals surface area (Å²) >= 11 is 0. The first-order chi connectivity index (χ1) is 13.6. The number of carbonyl (C=O) groups excluding carboxylic acids is 1. The molecule has 2 aromatic carbocycles. The summed E-state index contributed by atoms with van der Waals surface area (Å²) in [5.41, 5.74) is 5.27. The maximum atomic E-state index is 14.5. The summed E-state index contributed by atoms with van der Waals surface area (Å²) in [7, 11) is 0. The Bertz CT molecular complexity index is 892. The zero-order valence-corrected chi connectivity index (χ0v) is 16.8.